The predicted molar refractivity (Wildman–Crippen MR) is 115 cm³/mol. The van der Waals surface area contributed by atoms with Crippen molar-refractivity contribution in [3.63, 3.8) is 0 Å². The average Bonchev–Trinajstić information content (AvgIpc) is 3.06. The standard InChI is InChI=1S/C23H22FN5O3/c1-31-20-11-15(13-25)6-9-19(20)32-14-22(30)26-18-12-16(7-8-17(18)24)23-28-27-21-5-3-2-4-10-29(21)23/h6-9,11-12H,2-5,10,14H2,1H3,(H,26,30). The van der Waals surface area contributed by atoms with Gasteiger partial charge < -0.3 is 19.4 Å². The van der Waals surface area contributed by atoms with Crippen molar-refractivity contribution in [2.45, 2.75) is 32.2 Å². The van der Waals surface area contributed by atoms with Gasteiger partial charge in [0.15, 0.2) is 23.9 Å². The van der Waals surface area contributed by atoms with Crippen molar-refractivity contribution in [2.75, 3.05) is 19.0 Å². The van der Waals surface area contributed by atoms with Crippen molar-refractivity contribution in [3.05, 3.63) is 53.6 Å². The van der Waals surface area contributed by atoms with Crippen LogP contribution in [0.3, 0.4) is 0 Å². The number of aryl methyl sites for hydroxylation is 1. The molecule has 2 heterocycles. The minimum atomic E-state index is -0.561. The molecule has 0 atom stereocenters. The fourth-order valence-electron chi connectivity index (χ4n) is 3.64. The maximum Gasteiger partial charge on any atom is 0.262 e. The number of amides is 1. The van der Waals surface area contributed by atoms with Gasteiger partial charge in [0.25, 0.3) is 5.91 Å². The molecule has 32 heavy (non-hydrogen) atoms. The lowest BCUT2D eigenvalue weighted by atomic mass is 10.1. The molecule has 1 amide bonds. The van der Waals surface area contributed by atoms with Crippen LogP contribution in [-0.2, 0) is 17.8 Å². The molecule has 1 N–H and O–H groups in total. The van der Waals surface area contributed by atoms with Gasteiger partial charge in [-0.05, 0) is 43.2 Å². The third-order valence-electron chi connectivity index (χ3n) is 5.26. The lowest BCUT2D eigenvalue weighted by Crippen LogP contribution is -2.21. The molecule has 0 fully saturated rings. The fraction of sp³-hybridized carbons (Fsp3) is 0.304. The van der Waals surface area contributed by atoms with Crippen molar-refractivity contribution in [1.29, 1.82) is 5.26 Å². The molecule has 0 bridgehead atoms. The van der Waals surface area contributed by atoms with E-state index in [-0.39, 0.29) is 12.3 Å². The van der Waals surface area contributed by atoms with E-state index in [0.29, 0.717) is 28.5 Å². The quantitative estimate of drug-likeness (QED) is 0.633. The molecule has 4 rings (SSSR count). The summed E-state index contributed by atoms with van der Waals surface area (Å²) in [6.45, 7) is 0.462. The van der Waals surface area contributed by atoms with Gasteiger partial charge in [-0.3, -0.25) is 4.79 Å². The maximum absolute atomic E-state index is 14.4. The normalized spacial score (nSPS) is 12.9. The Morgan fingerprint density at radius 1 is 1.19 bits per heavy atom. The van der Waals surface area contributed by atoms with E-state index >= 15 is 0 Å². The highest BCUT2D eigenvalue weighted by Gasteiger charge is 2.18. The second-order valence-electron chi connectivity index (χ2n) is 7.41. The number of nitrogens with zero attached hydrogens (tertiary/aromatic N) is 4. The van der Waals surface area contributed by atoms with Crippen molar-refractivity contribution in [3.8, 4) is 29.0 Å². The van der Waals surface area contributed by atoms with Gasteiger partial charge in [-0.25, -0.2) is 4.39 Å². The molecule has 0 saturated heterocycles. The number of methoxy groups -OCH3 is 1. The molecule has 0 radical (unpaired) electrons. The monoisotopic (exact) mass is 435 g/mol. The summed E-state index contributed by atoms with van der Waals surface area (Å²) in [5.74, 6) is 1.13. The molecule has 9 heteroatoms. The predicted octanol–water partition coefficient (Wildman–Crippen LogP) is 3.71. The maximum atomic E-state index is 14.4. The highest BCUT2D eigenvalue weighted by molar-refractivity contribution is 5.92. The Morgan fingerprint density at radius 3 is 2.88 bits per heavy atom. The smallest absolute Gasteiger partial charge is 0.262 e. The number of ether oxygens (including phenoxy) is 2. The largest absolute Gasteiger partial charge is 0.493 e. The second-order valence-corrected chi connectivity index (χ2v) is 7.41. The van der Waals surface area contributed by atoms with Crippen LogP contribution in [0, 0.1) is 17.1 Å². The van der Waals surface area contributed by atoms with Crippen molar-refractivity contribution >= 4 is 11.6 Å². The van der Waals surface area contributed by atoms with Crippen LogP contribution >= 0.6 is 0 Å². The fourth-order valence-corrected chi connectivity index (χ4v) is 3.64. The summed E-state index contributed by atoms with van der Waals surface area (Å²) in [4.78, 5) is 12.4. The first-order valence-electron chi connectivity index (χ1n) is 10.3. The zero-order valence-corrected chi connectivity index (χ0v) is 17.6. The highest BCUT2D eigenvalue weighted by Crippen LogP contribution is 2.29. The number of nitriles is 1. The van der Waals surface area contributed by atoms with Crippen LogP contribution in [0.5, 0.6) is 11.5 Å². The van der Waals surface area contributed by atoms with Crippen molar-refractivity contribution in [2.24, 2.45) is 0 Å². The molecule has 8 nitrogen and oxygen atoms in total. The molecule has 0 aliphatic carbocycles. The minimum Gasteiger partial charge on any atom is -0.493 e. The van der Waals surface area contributed by atoms with Gasteiger partial charge in [-0.1, -0.05) is 6.42 Å². The Hall–Kier alpha value is -3.93. The SMILES string of the molecule is COc1cc(C#N)ccc1OCC(=O)Nc1cc(-c2nnc3n2CCCCC3)ccc1F. The number of anilines is 1. The third-order valence-corrected chi connectivity index (χ3v) is 5.26. The molecule has 3 aromatic rings. The second kappa shape index (κ2) is 9.47. The Labute approximate surface area is 184 Å². The molecule has 1 aliphatic heterocycles. The summed E-state index contributed by atoms with van der Waals surface area (Å²) in [6, 6.07) is 11.1. The van der Waals surface area contributed by atoms with E-state index < -0.39 is 11.7 Å². The first-order valence-corrected chi connectivity index (χ1v) is 10.3. The van der Waals surface area contributed by atoms with Gasteiger partial charge in [0.2, 0.25) is 0 Å². The van der Waals surface area contributed by atoms with Crippen molar-refractivity contribution in [1.82, 2.24) is 14.8 Å². The molecule has 1 aromatic heterocycles. The van der Waals surface area contributed by atoms with Gasteiger partial charge in [0.1, 0.15) is 11.6 Å². The number of hydrogen-bond acceptors (Lipinski definition) is 6. The first kappa shape index (κ1) is 21.3. The number of nitrogens with one attached hydrogen (secondary N) is 1. The van der Waals surface area contributed by atoms with Crippen LogP contribution in [-0.4, -0.2) is 34.4 Å². The van der Waals surface area contributed by atoms with E-state index in [9.17, 15) is 9.18 Å². The van der Waals surface area contributed by atoms with E-state index in [2.05, 4.69) is 20.1 Å². The van der Waals surface area contributed by atoms with Crippen LogP contribution < -0.4 is 14.8 Å². The van der Waals surface area contributed by atoms with Gasteiger partial charge in [-0.15, -0.1) is 10.2 Å². The van der Waals surface area contributed by atoms with Gasteiger partial charge in [0, 0.05) is 24.6 Å². The lowest BCUT2D eigenvalue weighted by Gasteiger charge is -2.12. The Kier molecular flexibility index (Phi) is 6.31. The summed E-state index contributed by atoms with van der Waals surface area (Å²) < 4.78 is 27.1. The summed E-state index contributed by atoms with van der Waals surface area (Å²) in [7, 11) is 1.44. The third kappa shape index (κ3) is 4.54. The van der Waals surface area contributed by atoms with E-state index in [1.54, 1.807) is 24.3 Å². The number of hydrogen-bond donors (Lipinski definition) is 1. The summed E-state index contributed by atoms with van der Waals surface area (Å²) in [6.07, 6.45) is 4.12. The van der Waals surface area contributed by atoms with Crippen LogP contribution in [0.4, 0.5) is 10.1 Å². The van der Waals surface area contributed by atoms with Crippen LogP contribution in [0.2, 0.25) is 0 Å². The van der Waals surface area contributed by atoms with Crippen LogP contribution in [0.25, 0.3) is 11.4 Å². The first-order chi connectivity index (χ1) is 15.6. The summed E-state index contributed by atoms with van der Waals surface area (Å²) in [5, 5.41) is 20.1. The minimum absolute atomic E-state index is 0.0360. The average molecular weight is 435 g/mol. The number of halogens is 1. The van der Waals surface area contributed by atoms with Crippen LogP contribution in [0.15, 0.2) is 36.4 Å². The highest BCUT2D eigenvalue weighted by atomic mass is 19.1. The topological polar surface area (TPSA) is 102 Å². The number of benzene rings is 2. The van der Waals surface area contributed by atoms with Gasteiger partial charge >= 0.3 is 0 Å². The lowest BCUT2D eigenvalue weighted by molar-refractivity contribution is -0.118. The van der Waals surface area contributed by atoms with E-state index in [4.69, 9.17) is 14.7 Å². The zero-order valence-electron chi connectivity index (χ0n) is 17.6. The summed E-state index contributed by atoms with van der Waals surface area (Å²) >= 11 is 0. The van der Waals surface area contributed by atoms with Gasteiger partial charge in [0.05, 0.1) is 24.4 Å². The molecule has 0 saturated carbocycles. The number of carbonyl (C=O) groups excluding carboxylic acids is 1. The Bertz CT molecular complexity index is 1180. The number of fused-ring (bicyclic) bond motifs is 1. The Balaban J connectivity index is 1.48. The van der Waals surface area contributed by atoms with Crippen LogP contribution in [0.1, 0.15) is 30.7 Å². The van der Waals surface area contributed by atoms with E-state index in [0.717, 1.165) is 38.1 Å². The van der Waals surface area contributed by atoms with Crippen molar-refractivity contribution < 1.29 is 18.7 Å². The molecule has 0 unspecified atom stereocenters. The zero-order chi connectivity index (χ0) is 22.5. The van der Waals surface area contributed by atoms with E-state index in [1.807, 2.05) is 6.07 Å². The summed E-state index contributed by atoms with van der Waals surface area (Å²) in [5.41, 5.74) is 1.12. The van der Waals surface area contributed by atoms with Gasteiger partial charge in [-0.2, -0.15) is 5.26 Å². The number of rotatable bonds is 6. The molecular weight excluding hydrogens is 413 g/mol. The Morgan fingerprint density at radius 2 is 2.06 bits per heavy atom. The molecule has 164 valence electrons. The molecule has 0 spiro atoms. The van der Waals surface area contributed by atoms with E-state index in [1.165, 1.54) is 19.2 Å². The molecule has 1 aliphatic rings. The number of aromatic nitrogens is 3. The molecular formula is C23H22FN5O3. The molecule has 2 aromatic carbocycles. The number of carbonyl (C=O) groups is 1.